The van der Waals surface area contributed by atoms with Gasteiger partial charge in [-0.3, -0.25) is 14.4 Å². The highest BCUT2D eigenvalue weighted by molar-refractivity contribution is 6.51. The average Bonchev–Trinajstić information content (AvgIpc) is 3.28. The molecular formula is C25H17NO4. The van der Waals surface area contributed by atoms with Gasteiger partial charge in [0, 0.05) is 16.7 Å². The maximum atomic E-state index is 13.5. The van der Waals surface area contributed by atoms with E-state index in [9.17, 15) is 14.4 Å². The van der Waals surface area contributed by atoms with Gasteiger partial charge in [0.2, 0.25) is 17.3 Å². The Hall–Kier alpha value is -3.86. The van der Waals surface area contributed by atoms with E-state index in [4.69, 9.17) is 4.84 Å². The number of aryl methyl sites for hydroxylation is 1. The van der Waals surface area contributed by atoms with E-state index in [2.05, 4.69) is 5.16 Å². The molecule has 30 heavy (non-hydrogen) atoms. The van der Waals surface area contributed by atoms with Gasteiger partial charge in [-0.1, -0.05) is 89.6 Å². The first kappa shape index (κ1) is 18.2. The maximum absolute atomic E-state index is 13.5. The number of hydrogen-bond donors (Lipinski definition) is 0. The van der Waals surface area contributed by atoms with Crippen molar-refractivity contribution >= 4 is 23.1 Å². The Morgan fingerprint density at radius 2 is 1.40 bits per heavy atom. The van der Waals surface area contributed by atoms with Gasteiger partial charge >= 0.3 is 0 Å². The van der Waals surface area contributed by atoms with Crippen LogP contribution in [0.1, 0.15) is 48.1 Å². The molecule has 1 aliphatic heterocycles. The molecule has 5 nitrogen and oxygen atoms in total. The van der Waals surface area contributed by atoms with Crippen molar-refractivity contribution < 1.29 is 19.2 Å². The number of oxime groups is 1. The van der Waals surface area contributed by atoms with Crippen molar-refractivity contribution in [2.45, 2.75) is 18.4 Å². The molecule has 0 saturated carbocycles. The van der Waals surface area contributed by atoms with Crippen molar-refractivity contribution in [1.82, 2.24) is 0 Å². The van der Waals surface area contributed by atoms with Crippen LogP contribution in [0.3, 0.4) is 0 Å². The second-order valence-electron chi connectivity index (χ2n) is 7.55. The van der Waals surface area contributed by atoms with Crippen molar-refractivity contribution in [3.63, 3.8) is 0 Å². The molecule has 0 radical (unpaired) electrons. The predicted molar refractivity (Wildman–Crippen MR) is 111 cm³/mol. The largest absolute Gasteiger partial charge is 0.371 e. The Labute approximate surface area is 173 Å². The van der Waals surface area contributed by atoms with Gasteiger partial charge in [-0.05, 0) is 12.5 Å². The number of fused-ring (bicyclic) bond motifs is 1. The van der Waals surface area contributed by atoms with Crippen LogP contribution in [0.15, 0.2) is 84.0 Å². The normalized spacial score (nSPS) is 18.8. The molecule has 1 unspecified atom stereocenters. The lowest BCUT2D eigenvalue weighted by Gasteiger charge is -2.26. The van der Waals surface area contributed by atoms with Crippen LogP contribution in [0.4, 0.5) is 0 Å². The number of rotatable bonds is 3. The standard InChI is InChI=1S/C25H17NO4/c1-15-11-13-16(14-12-15)20-21(22(27)17-7-3-2-4-8-17)26-30-25(20)23(28)18-9-5-6-10-19(18)24(25)29/h2-14,20H,1H3. The molecule has 3 aromatic rings. The highest BCUT2D eigenvalue weighted by Gasteiger charge is 2.66. The van der Waals surface area contributed by atoms with E-state index in [1.54, 1.807) is 48.5 Å². The van der Waals surface area contributed by atoms with Crippen LogP contribution in [0.25, 0.3) is 0 Å². The molecule has 0 amide bonds. The van der Waals surface area contributed by atoms with Crippen molar-refractivity contribution in [2.75, 3.05) is 0 Å². The van der Waals surface area contributed by atoms with E-state index in [0.717, 1.165) is 5.56 Å². The Morgan fingerprint density at radius 3 is 2.00 bits per heavy atom. The number of nitrogens with zero attached hydrogens (tertiary/aromatic N) is 1. The van der Waals surface area contributed by atoms with Crippen molar-refractivity contribution in [2.24, 2.45) is 5.16 Å². The summed E-state index contributed by atoms with van der Waals surface area (Å²) in [6.07, 6.45) is 0. The van der Waals surface area contributed by atoms with Crippen LogP contribution < -0.4 is 0 Å². The minimum Gasteiger partial charge on any atom is -0.371 e. The molecule has 1 atom stereocenters. The fraction of sp³-hybridized carbons (Fsp3) is 0.120. The van der Waals surface area contributed by atoms with Crippen LogP contribution in [0, 0.1) is 6.92 Å². The van der Waals surface area contributed by atoms with Gasteiger partial charge in [-0.2, -0.15) is 0 Å². The molecule has 1 aliphatic carbocycles. The quantitative estimate of drug-likeness (QED) is 0.493. The van der Waals surface area contributed by atoms with Crippen LogP contribution in [0.2, 0.25) is 0 Å². The lowest BCUT2D eigenvalue weighted by Crippen LogP contribution is -2.48. The summed E-state index contributed by atoms with van der Waals surface area (Å²) in [4.78, 5) is 45.8. The van der Waals surface area contributed by atoms with Gasteiger partial charge in [0.05, 0.1) is 5.92 Å². The van der Waals surface area contributed by atoms with Crippen LogP contribution in [-0.4, -0.2) is 28.7 Å². The molecular weight excluding hydrogens is 378 g/mol. The fourth-order valence-corrected chi connectivity index (χ4v) is 4.21. The molecule has 3 aromatic carbocycles. The summed E-state index contributed by atoms with van der Waals surface area (Å²) in [6.45, 7) is 1.94. The number of carbonyl (C=O) groups excluding carboxylic acids is 3. The smallest absolute Gasteiger partial charge is 0.274 e. The fourth-order valence-electron chi connectivity index (χ4n) is 4.21. The summed E-state index contributed by atoms with van der Waals surface area (Å²) < 4.78 is 0. The number of Topliss-reactive ketones (excluding diaryl/α,β-unsaturated/α-hetero) is 3. The summed E-state index contributed by atoms with van der Waals surface area (Å²) in [7, 11) is 0. The molecule has 0 bridgehead atoms. The lowest BCUT2D eigenvalue weighted by atomic mass is 9.74. The van der Waals surface area contributed by atoms with Crippen molar-refractivity contribution in [3.05, 3.63) is 107 Å². The van der Waals surface area contributed by atoms with Crippen LogP contribution in [0.5, 0.6) is 0 Å². The molecule has 146 valence electrons. The molecule has 5 rings (SSSR count). The van der Waals surface area contributed by atoms with Gasteiger partial charge in [-0.25, -0.2) is 0 Å². The Balaban J connectivity index is 1.68. The highest BCUT2D eigenvalue weighted by Crippen LogP contribution is 2.47. The Bertz CT molecular complexity index is 1190. The van der Waals surface area contributed by atoms with E-state index >= 15 is 0 Å². The summed E-state index contributed by atoms with van der Waals surface area (Å²) in [6, 6.07) is 22.7. The lowest BCUT2D eigenvalue weighted by molar-refractivity contribution is 0.00129. The molecule has 2 aliphatic rings. The Kier molecular flexibility index (Phi) is 4.00. The second-order valence-corrected chi connectivity index (χ2v) is 7.55. The third-order valence-corrected chi connectivity index (χ3v) is 5.74. The summed E-state index contributed by atoms with van der Waals surface area (Å²) in [5.41, 5.74) is 0.830. The average molecular weight is 395 g/mol. The number of carbonyl (C=O) groups is 3. The Morgan fingerprint density at radius 1 is 0.833 bits per heavy atom. The predicted octanol–water partition coefficient (Wildman–Crippen LogP) is 4.17. The first-order valence-corrected chi connectivity index (χ1v) is 9.65. The van der Waals surface area contributed by atoms with Gasteiger partial charge in [-0.15, -0.1) is 0 Å². The minimum absolute atomic E-state index is 0.0551. The number of hydrogen-bond acceptors (Lipinski definition) is 5. The van der Waals surface area contributed by atoms with Crippen molar-refractivity contribution in [3.8, 4) is 0 Å². The SMILES string of the molecule is Cc1ccc(C2C(C(=O)c3ccccc3)=NOC23C(=O)c2ccccc2C3=O)cc1. The third kappa shape index (κ3) is 2.42. The maximum Gasteiger partial charge on any atom is 0.274 e. The van der Waals surface area contributed by atoms with E-state index < -0.39 is 23.1 Å². The highest BCUT2D eigenvalue weighted by atomic mass is 16.7. The minimum atomic E-state index is -1.89. The first-order valence-electron chi connectivity index (χ1n) is 9.65. The van der Waals surface area contributed by atoms with E-state index in [0.29, 0.717) is 22.3 Å². The van der Waals surface area contributed by atoms with Crippen LogP contribution >= 0.6 is 0 Å². The molecule has 1 heterocycles. The molecule has 0 N–H and O–H groups in total. The van der Waals surface area contributed by atoms with Gasteiger partial charge in [0.1, 0.15) is 5.71 Å². The van der Waals surface area contributed by atoms with Crippen LogP contribution in [-0.2, 0) is 4.84 Å². The van der Waals surface area contributed by atoms with E-state index in [-0.39, 0.29) is 11.5 Å². The monoisotopic (exact) mass is 395 g/mol. The molecule has 0 saturated heterocycles. The molecule has 5 heteroatoms. The summed E-state index contributed by atoms with van der Waals surface area (Å²) in [5, 5.41) is 4.04. The van der Waals surface area contributed by atoms with E-state index in [1.165, 1.54) is 0 Å². The van der Waals surface area contributed by atoms with Gasteiger partial charge in [0.25, 0.3) is 5.60 Å². The number of ketones is 3. The molecule has 0 aromatic heterocycles. The van der Waals surface area contributed by atoms with Gasteiger partial charge < -0.3 is 4.84 Å². The van der Waals surface area contributed by atoms with E-state index in [1.807, 2.05) is 37.3 Å². The summed E-state index contributed by atoms with van der Waals surface area (Å²) >= 11 is 0. The first-order chi connectivity index (χ1) is 14.5. The molecule has 1 spiro atoms. The zero-order chi connectivity index (χ0) is 20.9. The topological polar surface area (TPSA) is 72.8 Å². The zero-order valence-corrected chi connectivity index (χ0v) is 16.2. The number of benzene rings is 3. The zero-order valence-electron chi connectivity index (χ0n) is 16.2. The van der Waals surface area contributed by atoms with Crippen molar-refractivity contribution in [1.29, 1.82) is 0 Å². The molecule has 0 fully saturated rings. The second kappa shape index (κ2) is 6.59. The summed E-state index contributed by atoms with van der Waals surface area (Å²) in [5.74, 6) is -2.23. The van der Waals surface area contributed by atoms with Gasteiger partial charge in [0.15, 0.2) is 0 Å². The third-order valence-electron chi connectivity index (χ3n) is 5.74.